The van der Waals surface area contributed by atoms with Gasteiger partial charge in [-0.15, -0.1) is 0 Å². The first kappa shape index (κ1) is 15.6. The fourth-order valence-corrected chi connectivity index (χ4v) is 3.49. The van der Waals surface area contributed by atoms with Crippen LogP contribution in [0.15, 0.2) is 73.1 Å². The molecule has 0 bridgehead atoms. The van der Waals surface area contributed by atoms with Gasteiger partial charge in [0.2, 0.25) is 0 Å². The van der Waals surface area contributed by atoms with E-state index in [9.17, 15) is 4.79 Å². The number of aromatic nitrogens is 1. The Hall–Kier alpha value is -2.94. The molecular weight excluding hydrogens is 308 g/mol. The van der Waals surface area contributed by atoms with Gasteiger partial charge in [-0.1, -0.05) is 42.5 Å². The Morgan fingerprint density at radius 1 is 0.960 bits per heavy atom. The van der Waals surface area contributed by atoms with Gasteiger partial charge in [-0.3, -0.25) is 9.78 Å². The van der Waals surface area contributed by atoms with E-state index in [4.69, 9.17) is 0 Å². The van der Waals surface area contributed by atoms with E-state index in [0.717, 1.165) is 30.4 Å². The van der Waals surface area contributed by atoms with Gasteiger partial charge in [0.1, 0.15) is 0 Å². The molecule has 3 nitrogen and oxygen atoms in total. The molecule has 1 aromatic heterocycles. The number of rotatable bonds is 3. The van der Waals surface area contributed by atoms with E-state index >= 15 is 0 Å². The van der Waals surface area contributed by atoms with E-state index in [0.29, 0.717) is 5.56 Å². The molecule has 25 heavy (non-hydrogen) atoms. The molecule has 0 spiro atoms. The fraction of sp³-hybridized carbons (Fsp3) is 0.182. The van der Waals surface area contributed by atoms with Crippen LogP contribution in [-0.4, -0.2) is 10.9 Å². The molecule has 1 unspecified atom stereocenters. The summed E-state index contributed by atoms with van der Waals surface area (Å²) in [6, 6.07) is 20.2. The van der Waals surface area contributed by atoms with Crippen LogP contribution in [-0.2, 0) is 6.42 Å². The third kappa shape index (κ3) is 3.31. The molecule has 3 aromatic rings. The van der Waals surface area contributed by atoms with Gasteiger partial charge in [0, 0.05) is 18.0 Å². The van der Waals surface area contributed by atoms with Crippen LogP contribution in [0.2, 0.25) is 0 Å². The molecule has 0 saturated heterocycles. The zero-order valence-corrected chi connectivity index (χ0v) is 14.0. The van der Waals surface area contributed by atoms with Crippen molar-refractivity contribution in [2.75, 3.05) is 0 Å². The molecular formula is C22H20N2O. The van der Waals surface area contributed by atoms with Gasteiger partial charge in [-0.25, -0.2) is 0 Å². The molecule has 124 valence electrons. The van der Waals surface area contributed by atoms with Crippen molar-refractivity contribution < 1.29 is 4.79 Å². The van der Waals surface area contributed by atoms with Crippen molar-refractivity contribution in [1.29, 1.82) is 0 Å². The standard InChI is InChI=1S/C22H20N2O/c25-22(24-21-9-3-6-17-5-1-2-8-20(17)21)18-12-10-16(11-13-18)19-7-4-14-23-15-19/h1-2,4-5,7-8,10-15,21H,3,6,9H2,(H,24,25). The first-order valence-corrected chi connectivity index (χ1v) is 8.70. The Bertz CT molecular complexity index is 872. The maximum Gasteiger partial charge on any atom is 0.251 e. The normalized spacial score (nSPS) is 16.1. The van der Waals surface area contributed by atoms with Crippen molar-refractivity contribution in [2.24, 2.45) is 0 Å². The van der Waals surface area contributed by atoms with Gasteiger partial charge in [0.25, 0.3) is 5.91 Å². The summed E-state index contributed by atoms with van der Waals surface area (Å²) >= 11 is 0. The van der Waals surface area contributed by atoms with Crippen molar-refractivity contribution in [2.45, 2.75) is 25.3 Å². The maximum absolute atomic E-state index is 12.6. The molecule has 1 atom stereocenters. The average Bonchev–Trinajstić information content (AvgIpc) is 2.69. The van der Waals surface area contributed by atoms with Crippen molar-refractivity contribution in [1.82, 2.24) is 10.3 Å². The monoisotopic (exact) mass is 328 g/mol. The highest BCUT2D eigenvalue weighted by Crippen LogP contribution is 2.29. The number of nitrogens with zero attached hydrogens (tertiary/aromatic N) is 1. The third-order valence-corrected chi connectivity index (χ3v) is 4.82. The Kier molecular flexibility index (Phi) is 4.30. The van der Waals surface area contributed by atoms with Crippen LogP contribution in [0.1, 0.15) is 40.4 Å². The van der Waals surface area contributed by atoms with Crippen LogP contribution in [0.4, 0.5) is 0 Å². The topological polar surface area (TPSA) is 42.0 Å². The van der Waals surface area contributed by atoms with Crippen LogP contribution in [0, 0.1) is 0 Å². The Labute approximate surface area is 147 Å². The van der Waals surface area contributed by atoms with E-state index in [1.165, 1.54) is 11.1 Å². The summed E-state index contributed by atoms with van der Waals surface area (Å²) in [5, 5.41) is 3.20. The molecule has 1 heterocycles. The van der Waals surface area contributed by atoms with Gasteiger partial charge in [0.05, 0.1) is 6.04 Å². The summed E-state index contributed by atoms with van der Waals surface area (Å²) in [5.74, 6) is -0.0144. The number of hydrogen-bond donors (Lipinski definition) is 1. The van der Waals surface area contributed by atoms with Crippen LogP contribution < -0.4 is 5.32 Å². The highest BCUT2D eigenvalue weighted by molar-refractivity contribution is 5.95. The van der Waals surface area contributed by atoms with Crippen molar-refractivity contribution >= 4 is 5.91 Å². The van der Waals surface area contributed by atoms with Crippen molar-refractivity contribution in [3.05, 3.63) is 89.7 Å². The van der Waals surface area contributed by atoms with Gasteiger partial charge < -0.3 is 5.32 Å². The lowest BCUT2D eigenvalue weighted by Crippen LogP contribution is -2.30. The number of fused-ring (bicyclic) bond motifs is 1. The average molecular weight is 328 g/mol. The minimum atomic E-state index is -0.0144. The predicted molar refractivity (Wildman–Crippen MR) is 99.3 cm³/mol. The Morgan fingerprint density at radius 3 is 2.60 bits per heavy atom. The molecule has 1 aliphatic carbocycles. The lowest BCUT2D eigenvalue weighted by atomic mass is 9.87. The molecule has 1 aliphatic rings. The molecule has 1 N–H and O–H groups in total. The molecule has 0 fully saturated rings. The summed E-state index contributed by atoms with van der Waals surface area (Å²) in [6.45, 7) is 0. The zero-order chi connectivity index (χ0) is 17.1. The summed E-state index contributed by atoms with van der Waals surface area (Å²) in [7, 11) is 0. The first-order chi connectivity index (χ1) is 12.3. The van der Waals surface area contributed by atoms with E-state index in [-0.39, 0.29) is 11.9 Å². The maximum atomic E-state index is 12.6. The van der Waals surface area contributed by atoms with Gasteiger partial charge in [-0.2, -0.15) is 0 Å². The number of aryl methyl sites for hydroxylation is 1. The summed E-state index contributed by atoms with van der Waals surface area (Å²) in [4.78, 5) is 16.8. The van der Waals surface area contributed by atoms with E-state index in [1.807, 2.05) is 48.7 Å². The minimum Gasteiger partial charge on any atom is -0.345 e. The van der Waals surface area contributed by atoms with Crippen molar-refractivity contribution in [3.8, 4) is 11.1 Å². The second-order valence-corrected chi connectivity index (χ2v) is 6.44. The van der Waals surface area contributed by atoms with E-state index in [2.05, 4.69) is 28.5 Å². The molecule has 2 aromatic carbocycles. The smallest absolute Gasteiger partial charge is 0.251 e. The summed E-state index contributed by atoms with van der Waals surface area (Å²) in [6.07, 6.45) is 6.79. The SMILES string of the molecule is O=C(NC1CCCc2ccccc21)c1ccc(-c2cccnc2)cc1. The largest absolute Gasteiger partial charge is 0.345 e. The Balaban J connectivity index is 1.51. The van der Waals surface area contributed by atoms with E-state index < -0.39 is 0 Å². The Morgan fingerprint density at radius 2 is 1.80 bits per heavy atom. The first-order valence-electron chi connectivity index (χ1n) is 8.70. The number of pyridine rings is 1. The molecule has 3 heteroatoms. The second kappa shape index (κ2) is 6.89. The molecule has 0 radical (unpaired) electrons. The fourth-order valence-electron chi connectivity index (χ4n) is 3.49. The highest BCUT2D eigenvalue weighted by Gasteiger charge is 2.21. The molecule has 0 aliphatic heterocycles. The lowest BCUT2D eigenvalue weighted by molar-refractivity contribution is 0.0933. The van der Waals surface area contributed by atoms with Crippen LogP contribution in [0.5, 0.6) is 0 Å². The lowest BCUT2D eigenvalue weighted by Gasteiger charge is -2.26. The van der Waals surface area contributed by atoms with Crippen LogP contribution >= 0.6 is 0 Å². The van der Waals surface area contributed by atoms with Crippen LogP contribution in [0.25, 0.3) is 11.1 Å². The molecule has 4 rings (SSSR count). The number of nitrogens with one attached hydrogen (secondary N) is 1. The summed E-state index contributed by atoms with van der Waals surface area (Å²) < 4.78 is 0. The number of carbonyl (C=O) groups is 1. The molecule has 0 saturated carbocycles. The van der Waals surface area contributed by atoms with Gasteiger partial charge in [0.15, 0.2) is 0 Å². The third-order valence-electron chi connectivity index (χ3n) is 4.82. The van der Waals surface area contributed by atoms with Crippen LogP contribution in [0.3, 0.4) is 0 Å². The van der Waals surface area contributed by atoms with Gasteiger partial charge >= 0.3 is 0 Å². The quantitative estimate of drug-likeness (QED) is 0.766. The number of carbonyl (C=O) groups excluding carboxylic acids is 1. The zero-order valence-electron chi connectivity index (χ0n) is 14.0. The molecule has 1 amide bonds. The van der Waals surface area contributed by atoms with E-state index in [1.54, 1.807) is 6.20 Å². The number of amides is 1. The minimum absolute atomic E-state index is 0.0144. The number of hydrogen-bond acceptors (Lipinski definition) is 2. The van der Waals surface area contributed by atoms with Crippen molar-refractivity contribution in [3.63, 3.8) is 0 Å². The second-order valence-electron chi connectivity index (χ2n) is 6.44. The van der Waals surface area contributed by atoms with Gasteiger partial charge in [-0.05, 0) is 59.7 Å². The highest BCUT2D eigenvalue weighted by atomic mass is 16.1. The summed E-state index contributed by atoms with van der Waals surface area (Å²) in [5.41, 5.74) is 5.42. The predicted octanol–water partition coefficient (Wildman–Crippen LogP) is 4.56. The number of benzene rings is 2.